The monoisotopic (exact) mass is 580 g/mol. The molecule has 9 nitrogen and oxygen atoms in total. The molecular weight excluding hydrogens is 551 g/mol. The van der Waals surface area contributed by atoms with Gasteiger partial charge in [0, 0.05) is 12.3 Å². The molecule has 0 bridgehead atoms. The number of benzene rings is 2. The van der Waals surface area contributed by atoms with Crippen molar-refractivity contribution in [3.63, 3.8) is 0 Å². The van der Waals surface area contributed by atoms with Crippen molar-refractivity contribution in [2.45, 2.75) is 45.1 Å². The lowest BCUT2D eigenvalue weighted by Crippen LogP contribution is -2.38. The van der Waals surface area contributed by atoms with Crippen molar-refractivity contribution in [2.24, 2.45) is 0 Å². The van der Waals surface area contributed by atoms with E-state index < -0.39 is 39.5 Å². The van der Waals surface area contributed by atoms with Crippen LogP contribution >= 0.6 is 11.6 Å². The van der Waals surface area contributed by atoms with Gasteiger partial charge in [-0.2, -0.15) is 0 Å². The van der Waals surface area contributed by atoms with Crippen LogP contribution in [0.2, 0.25) is 0 Å². The van der Waals surface area contributed by atoms with Crippen molar-refractivity contribution in [3.05, 3.63) is 52.1 Å². The number of anilines is 1. The number of alkyl halides is 2. The molecule has 1 aliphatic heterocycles. The van der Waals surface area contributed by atoms with E-state index in [9.17, 15) is 27.2 Å². The Morgan fingerprint density at radius 3 is 2.56 bits per heavy atom. The number of halogens is 2. The third-order valence-corrected chi connectivity index (χ3v) is 8.26. The Morgan fingerprint density at radius 2 is 1.90 bits per heavy atom. The van der Waals surface area contributed by atoms with Crippen LogP contribution in [0.3, 0.4) is 0 Å². The number of nitrogens with zero attached hydrogens (tertiary/aromatic N) is 1. The molecule has 0 aromatic heterocycles. The minimum atomic E-state index is -4.30. The summed E-state index contributed by atoms with van der Waals surface area (Å²) in [6, 6.07) is 3.25. The number of aryl methyl sites for hydroxylation is 1. The van der Waals surface area contributed by atoms with E-state index in [1.54, 1.807) is 13.0 Å². The van der Waals surface area contributed by atoms with Gasteiger partial charge in [0.2, 0.25) is 5.91 Å². The Balaban J connectivity index is 1.84. The lowest BCUT2D eigenvalue weighted by atomic mass is 9.97. The number of imide groups is 1. The average molecular weight is 581 g/mol. The maximum atomic E-state index is 13.9. The number of amides is 3. The van der Waals surface area contributed by atoms with Crippen LogP contribution in [0.4, 0.5) is 10.1 Å². The molecule has 1 aliphatic carbocycles. The molecule has 12 heteroatoms. The Labute approximate surface area is 231 Å². The minimum absolute atomic E-state index is 0.0149. The summed E-state index contributed by atoms with van der Waals surface area (Å²) in [7, 11) is -2.86. The molecule has 210 valence electrons. The number of nitrogens with one attached hydrogen (secondary N) is 1. The summed E-state index contributed by atoms with van der Waals surface area (Å²) in [5.74, 6) is -1.69. The molecule has 2 aromatic carbocycles. The Hall–Kier alpha value is -3.18. The maximum absolute atomic E-state index is 13.9. The molecule has 0 saturated carbocycles. The van der Waals surface area contributed by atoms with E-state index in [0.29, 0.717) is 30.6 Å². The van der Waals surface area contributed by atoms with Crippen LogP contribution in [0, 0.1) is 0 Å². The molecule has 0 fully saturated rings. The average Bonchev–Trinajstić information content (AvgIpc) is 3.48. The van der Waals surface area contributed by atoms with Crippen molar-refractivity contribution in [3.8, 4) is 11.5 Å². The van der Waals surface area contributed by atoms with Gasteiger partial charge in [0.1, 0.15) is 0 Å². The number of carbonyl (C=O) groups excluding carboxylic acids is 3. The lowest BCUT2D eigenvalue weighted by Gasteiger charge is -2.27. The molecule has 0 spiro atoms. The molecule has 1 N–H and O–H groups in total. The quantitative estimate of drug-likeness (QED) is 0.295. The highest BCUT2D eigenvalue weighted by Gasteiger charge is 2.46. The summed E-state index contributed by atoms with van der Waals surface area (Å²) in [6.07, 6.45) is 2.57. The molecule has 3 amide bonds. The molecule has 1 atom stereocenters. The second-order valence-electron chi connectivity index (χ2n) is 9.36. The van der Waals surface area contributed by atoms with E-state index in [4.69, 9.17) is 21.1 Å². The van der Waals surface area contributed by atoms with Crippen molar-refractivity contribution < 1.29 is 36.7 Å². The minimum Gasteiger partial charge on any atom is -0.493 e. The fourth-order valence-corrected chi connectivity index (χ4v) is 6.18. The number of sulfone groups is 1. The topological polar surface area (TPSA) is 119 Å². The first kappa shape index (κ1) is 28.8. The van der Waals surface area contributed by atoms with Gasteiger partial charge in [0.05, 0.1) is 42.3 Å². The fourth-order valence-electron chi connectivity index (χ4n) is 5.13. The SMILES string of the molecule is CCOc1cc([C@@H](CS(=O)(=O)CF)N2C(=O)c3c(NC(=O)CCCCl)cc4c(c3C2=O)CCC4)ccc1OC. The Kier molecular flexibility index (Phi) is 8.80. The highest BCUT2D eigenvalue weighted by molar-refractivity contribution is 7.91. The van der Waals surface area contributed by atoms with Crippen LogP contribution in [0.5, 0.6) is 11.5 Å². The van der Waals surface area contributed by atoms with Crippen molar-refractivity contribution in [1.29, 1.82) is 0 Å². The molecule has 2 aliphatic rings. The molecule has 2 aromatic rings. The number of hydrogen-bond acceptors (Lipinski definition) is 7. The first-order chi connectivity index (χ1) is 18.6. The summed E-state index contributed by atoms with van der Waals surface area (Å²) < 4.78 is 49.5. The standard InChI is InChI=1S/C27H30ClFN2O7S/c1-3-38-22-13-17(9-10-21(22)37-2)20(14-39(35,36)15-29)31-26(33)24-18-7-4-6-16(18)12-19(25(24)27(31)34)30-23(32)8-5-11-28/h9-10,12-13,20H,3-8,11,14-15H2,1-2H3,(H,30,32)/t20-/m1/s1. The van der Waals surface area contributed by atoms with Gasteiger partial charge in [0.15, 0.2) is 27.3 Å². The predicted molar refractivity (Wildman–Crippen MR) is 144 cm³/mol. The van der Waals surface area contributed by atoms with E-state index >= 15 is 0 Å². The van der Waals surface area contributed by atoms with E-state index in [1.165, 1.54) is 25.3 Å². The van der Waals surface area contributed by atoms with Crippen LogP contribution in [-0.2, 0) is 27.5 Å². The summed E-state index contributed by atoms with van der Waals surface area (Å²) in [5, 5.41) is 2.75. The van der Waals surface area contributed by atoms with Crippen molar-refractivity contribution in [1.82, 2.24) is 4.90 Å². The Morgan fingerprint density at radius 1 is 1.15 bits per heavy atom. The van der Waals surface area contributed by atoms with Gasteiger partial charge in [-0.25, -0.2) is 12.8 Å². The summed E-state index contributed by atoms with van der Waals surface area (Å²) in [5.41, 5.74) is 2.18. The molecule has 0 saturated heterocycles. The molecule has 0 unspecified atom stereocenters. The zero-order valence-electron chi connectivity index (χ0n) is 21.7. The fraction of sp³-hybridized carbons (Fsp3) is 0.444. The van der Waals surface area contributed by atoms with Crippen LogP contribution < -0.4 is 14.8 Å². The number of hydrogen-bond donors (Lipinski definition) is 1. The van der Waals surface area contributed by atoms with Crippen LogP contribution in [0.15, 0.2) is 24.3 Å². The predicted octanol–water partition coefficient (Wildman–Crippen LogP) is 4.22. The second kappa shape index (κ2) is 11.9. The van der Waals surface area contributed by atoms with Crippen LogP contribution in [0.1, 0.15) is 69.6 Å². The summed E-state index contributed by atoms with van der Waals surface area (Å²) in [6.45, 7) is 2.03. The van der Waals surface area contributed by atoms with Gasteiger partial charge >= 0.3 is 0 Å². The zero-order chi connectivity index (χ0) is 28.3. The van der Waals surface area contributed by atoms with Gasteiger partial charge in [-0.15, -0.1) is 11.6 Å². The molecule has 39 heavy (non-hydrogen) atoms. The molecule has 0 radical (unpaired) electrons. The number of methoxy groups -OCH3 is 1. The maximum Gasteiger partial charge on any atom is 0.264 e. The first-order valence-corrected chi connectivity index (χ1v) is 15.0. The largest absolute Gasteiger partial charge is 0.493 e. The van der Waals surface area contributed by atoms with E-state index in [0.717, 1.165) is 16.9 Å². The number of ether oxygens (including phenoxy) is 2. The van der Waals surface area contributed by atoms with E-state index in [1.807, 2.05) is 0 Å². The third-order valence-electron chi connectivity index (χ3n) is 6.84. The van der Waals surface area contributed by atoms with E-state index in [2.05, 4.69) is 5.32 Å². The number of fused-ring (bicyclic) bond motifs is 3. The molecular formula is C27H30ClFN2O7S. The highest BCUT2D eigenvalue weighted by Crippen LogP contribution is 2.42. The van der Waals surface area contributed by atoms with Crippen LogP contribution in [0.25, 0.3) is 0 Å². The smallest absolute Gasteiger partial charge is 0.264 e. The van der Waals surface area contributed by atoms with Gasteiger partial charge in [0.25, 0.3) is 11.8 Å². The summed E-state index contributed by atoms with van der Waals surface area (Å²) >= 11 is 5.71. The third kappa shape index (κ3) is 5.74. The number of rotatable bonds is 12. The van der Waals surface area contributed by atoms with Crippen molar-refractivity contribution in [2.75, 3.05) is 36.7 Å². The second-order valence-corrected chi connectivity index (χ2v) is 11.8. The van der Waals surface area contributed by atoms with Crippen molar-refractivity contribution >= 4 is 44.8 Å². The normalized spacial score (nSPS) is 15.2. The van der Waals surface area contributed by atoms with Crippen LogP contribution in [-0.4, -0.2) is 62.4 Å². The number of carbonyl (C=O) groups is 3. The Bertz CT molecular complexity index is 1410. The first-order valence-electron chi connectivity index (χ1n) is 12.6. The summed E-state index contributed by atoms with van der Waals surface area (Å²) in [4.78, 5) is 41.3. The van der Waals surface area contributed by atoms with E-state index in [-0.39, 0.29) is 52.9 Å². The molecule has 1 heterocycles. The van der Waals surface area contributed by atoms with Gasteiger partial charge in [-0.05, 0) is 67.5 Å². The van der Waals surface area contributed by atoms with Gasteiger partial charge < -0.3 is 14.8 Å². The zero-order valence-corrected chi connectivity index (χ0v) is 23.3. The molecule has 4 rings (SSSR count). The highest BCUT2D eigenvalue weighted by atomic mass is 35.5. The lowest BCUT2D eigenvalue weighted by molar-refractivity contribution is -0.116. The van der Waals surface area contributed by atoms with Gasteiger partial charge in [-0.1, -0.05) is 6.07 Å². The van der Waals surface area contributed by atoms with Gasteiger partial charge in [-0.3, -0.25) is 19.3 Å².